The van der Waals surface area contributed by atoms with Crippen molar-refractivity contribution in [2.75, 3.05) is 26.2 Å². The lowest BCUT2D eigenvalue weighted by molar-refractivity contribution is -0.131. The van der Waals surface area contributed by atoms with Gasteiger partial charge < -0.3 is 4.90 Å². The summed E-state index contributed by atoms with van der Waals surface area (Å²) in [6.07, 6.45) is 0.267. The Kier molecular flexibility index (Phi) is 7.35. The Bertz CT molecular complexity index is 1070. The van der Waals surface area contributed by atoms with Gasteiger partial charge in [0.2, 0.25) is 15.9 Å². The maximum absolute atomic E-state index is 13.0. The van der Waals surface area contributed by atoms with Crippen molar-refractivity contribution in [1.29, 1.82) is 0 Å². The monoisotopic (exact) mass is 486 g/mol. The van der Waals surface area contributed by atoms with Crippen LogP contribution in [0.2, 0.25) is 10.0 Å². The van der Waals surface area contributed by atoms with Crippen molar-refractivity contribution in [1.82, 2.24) is 19.0 Å². The van der Waals surface area contributed by atoms with E-state index in [9.17, 15) is 13.2 Å². The molecule has 1 saturated heterocycles. The number of aryl methyl sites for hydroxylation is 1. The number of rotatable bonds is 6. The molecule has 170 valence electrons. The molecule has 0 aliphatic carbocycles. The van der Waals surface area contributed by atoms with Crippen LogP contribution in [0.5, 0.6) is 0 Å². The first-order valence-electron chi connectivity index (χ1n) is 10.3. The number of halogens is 2. The van der Waals surface area contributed by atoms with Crippen molar-refractivity contribution in [2.45, 2.75) is 45.6 Å². The molecular formula is C21H28Cl2N4O3S. The molecule has 2 aromatic rings. The molecule has 2 heterocycles. The highest BCUT2D eigenvalue weighted by Crippen LogP contribution is 2.31. The van der Waals surface area contributed by atoms with E-state index in [2.05, 4.69) is 18.9 Å². The molecule has 31 heavy (non-hydrogen) atoms. The molecule has 0 unspecified atom stereocenters. The molecule has 3 rings (SSSR count). The van der Waals surface area contributed by atoms with Gasteiger partial charge in [-0.2, -0.15) is 9.40 Å². The zero-order valence-electron chi connectivity index (χ0n) is 18.2. The molecule has 0 atom stereocenters. The standard InChI is InChI=1S/C21H28Cl2N4O3S/c1-14(2)13-27-16(4)17(15(3)24-27)12-20(28)25-8-10-26(11-9-25)31(29,30)19-7-5-6-18(22)21(19)23/h5-7,14H,8-13H2,1-4H3. The molecule has 10 heteroatoms. The van der Waals surface area contributed by atoms with Crippen LogP contribution in [0.25, 0.3) is 0 Å². The van der Waals surface area contributed by atoms with Crippen molar-refractivity contribution in [3.8, 4) is 0 Å². The average Bonchev–Trinajstić information content (AvgIpc) is 2.96. The number of hydrogen-bond donors (Lipinski definition) is 0. The maximum atomic E-state index is 13.0. The Labute approximate surface area is 194 Å². The van der Waals surface area contributed by atoms with E-state index in [1.165, 1.54) is 10.4 Å². The highest BCUT2D eigenvalue weighted by molar-refractivity contribution is 7.89. The van der Waals surface area contributed by atoms with Gasteiger partial charge in [0.05, 0.1) is 22.2 Å². The Balaban J connectivity index is 1.67. The first kappa shape index (κ1) is 24.0. The van der Waals surface area contributed by atoms with Gasteiger partial charge in [0, 0.05) is 44.0 Å². The minimum absolute atomic E-state index is 0.00902. The van der Waals surface area contributed by atoms with Gasteiger partial charge in [-0.15, -0.1) is 0 Å². The lowest BCUT2D eigenvalue weighted by Crippen LogP contribution is -2.50. The van der Waals surface area contributed by atoms with Gasteiger partial charge in [0.1, 0.15) is 4.90 Å². The van der Waals surface area contributed by atoms with Gasteiger partial charge in [0.25, 0.3) is 0 Å². The summed E-state index contributed by atoms with van der Waals surface area (Å²) in [6, 6.07) is 4.55. The molecule has 1 aromatic carbocycles. The molecule has 7 nitrogen and oxygen atoms in total. The van der Waals surface area contributed by atoms with E-state index < -0.39 is 10.0 Å². The molecule has 1 aliphatic heterocycles. The molecule has 0 spiro atoms. The lowest BCUT2D eigenvalue weighted by atomic mass is 10.1. The Morgan fingerprint density at radius 3 is 2.39 bits per heavy atom. The largest absolute Gasteiger partial charge is 0.340 e. The van der Waals surface area contributed by atoms with E-state index in [-0.39, 0.29) is 40.4 Å². The Morgan fingerprint density at radius 1 is 1.13 bits per heavy atom. The highest BCUT2D eigenvalue weighted by Gasteiger charge is 2.32. The number of piperazine rings is 1. The van der Waals surface area contributed by atoms with Crippen LogP contribution < -0.4 is 0 Å². The first-order chi connectivity index (χ1) is 14.5. The van der Waals surface area contributed by atoms with E-state index in [0.717, 1.165) is 23.5 Å². The molecule has 0 saturated carbocycles. The van der Waals surface area contributed by atoms with Crippen molar-refractivity contribution >= 4 is 39.1 Å². The van der Waals surface area contributed by atoms with Crippen LogP contribution in [0.4, 0.5) is 0 Å². The van der Waals surface area contributed by atoms with Crippen LogP contribution >= 0.6 is 23.2 Å². The number of aromatic nitrogens is 2. The number of carbonyl (C=O) groups excluding carboxylic acids is 1. The van der Waals surface area contributed by atoms with Crippen molar-refractivity contribution < 1.29 is 13.2 Å². The Hall–Kier alpha value is -1.61. The summed E-state index contributed by atoms with van der Waals surface area (Å²) in [5.74, 6) is 0.442. The first-order valence-corrected chi connectivity index (χ1v) is 12.5. The summed E-state index contributed by atoms with van der Waals surface area (Å²) < 4.78 is 29.3. The second-order valence-corrected chi connectivity index (χ2v) is 10.9. The van der Waals surface area contributed by atoms with Crippen LogP contribution in [0, 0.1) is 19.8 Å². The number of benzene rings is 1. The van der Waals surface area contributed by atoms with E-state index in [0.29, 0.717) is 19.0 Å². The molecule has 1 amide bonds. The van der Waals surface area contributed by atoms with Gasteiger partial charge in [-0.1, -0.05) is 43.1 Å². The van der Waals surface area contributed by atoms with Gasteiger partial charge in [-0.3, -0.25) is 9.48 Å². The predicted octanol–water partition coefficient (Wildman–Crippen LogP) is 3.54. The highest BCUT2D eigenvalue weighted by atomic mass is 35.5. The number of hydrogen-bond acceptors (Lipinski definition) is 4. The quantitative estimate of drug-likeness (QED) is 0.625. The maximum Gasteiger partial charge on any atom is 0.244 e. The summed E-state index contributed by atoms with van der Waals surface area (Å²) in [6.45, 7) is 10.1. The zero-order valence-corrected chi connectivity index (χ0v) is 20.6. The van der Waals surface area contributed by atoms with Gasteiger partial charge in [0.15, 0.2) is 0 Å². The minimum Gasteiger partial charge on any atom is -0.340 e. The molecule has 0 bridgehead atoms. The second-order valence-electron chi connectivity index (χ2n) is 8.24. The summed E-state index contributed by atoms with van der Waals surface area (Å²) in [5, 5.41) is 4.79. The van der Waals surface area contributed by atoms with Crippen LogP contribution in [0.1, 0.15) is 30.8 Å². The second kappa shape index (κ2) is 9.48. The molecule has 0 N–H and O–H groups in total. The molecule has 1 aromatic heterocycles. The van der Waals surface area contributed by atoms with E-state index >= 15 is 0 Å². The van der Waals surface area contributed by atoms with Crippen LogP contribution in [-0.2, 0) is 27.8 Å². The fraction of sp³-hybridized carbons (Fsp3) is 0.524. The third-order valence-corrected chi connectivity index (χ3v) is 8.39. The smallest absolute Gasteiger partial charge is 0.244 e. The molecular weight excluding hydrogens is 459 g/mol. The van der Waals surface area contributed by atoms with Crippen LogP contribution in [0.15, 0.2) is 23.1 Å². The number of amides is 1. The number of carbonyl (C=O) groups is 1. The molecule has 1 fully saturated rings. The fourth-order valence-corrected chi connectivity index (χ4v) is 5.93. The summed E-state index contributed by atoms with van der Waals surface area (Å²) in [4.78, 5) is 14.6. The third kappa shape index (κ3) is 5.08. The average molecular weight is 487 g/mol. The van der Waals surface area contributed by atoms with Crippen LogP contribution in [0.3, 0.4) is 0 Å². The van der Waals surface area contributed by atoms with Gasteiger partial charge in [-0.05, 0) is 31.9 Å². The molecule has 0 radical (unpaired) electrons. The predicted molar refractivity (Wildman–Crippen MR) is 122 cm³/mol. The summed E-state index contributed by atoms with van der Waals surface area (Å²) >= 11 is 12.1. The van der Waals surface area contributed by atoms with E-state index in [4.69, 9.17) is 23.2 Å². The molecule has 1 aliphatic rings. The third-order valence-electron chi connectivity index (χ3n) is 5.52. The number of nitrogens with zero attached hydrogens (tertiary/aromatic N) is 4. The van der Waals surface area contributed by atoms with Crippen molar-refractivity contribution in [3.05, 3.63) is 45.2 Å². The summed E-state index contributed by atoms with van der Waals surface area (Å²) in [7, 11) is -3.78. The Morgan fingerprint density at radius 2 is 1.77 bits per heavy atom. The lowest BCUT2D eigenvalue weighted by Gasteiger charge is -2.34. The van der Waals surface area contributed by atoms with Gasteiger partial charge in [-0.25, -0.2) is 8.42 Å². The minimum atomic E-state index is -3.78. The number of sulfonamides is 1. The van der Waals surface area contributed by atoms with E-state index in [1.54, 1.807) is 17.0 Å². The van der Waals surface area contributed by atoms with Crippen molar-refractivity contribution in [2.24, 2.45) is 5.92 Å². The summed E-state index contributed by atoms with van der Waals surface area (Å²) in [5.41, 5.74) is 2.83. The fourth-order valence-electron chi connectivity index (χ4n) is 3.78. The van der Waals surface area contributed by atoms with Crippen molar-refractivity contribution in [3.63, 3.8) is 0 Å². The topological polar surface area (TPSA) is 75.5 Å². The van der Waals surface area contributed by atoms with Crippen LogP contribution in [-0.4, -0.2) is 59.5 Å². The van der Waals surface area contributed by atoms with E-state index in [1.807, 2.05) is 18.5 Å². The van der Waals surface area contributed by atoms with Gasteiger partial charge >= 0.3 is 0 Å². The normalized spacial score (nSPS) is 15.6. The zero-order chi connectivity index (χ0) is 22.9. The SMILES string of the molecule is Cc1nn(CC(C)C)c(C)c1CC(=O)N1CCN(S(=O)(=O)c2cccc(Cl)c2Cl)CC1.